The number of ether oxygens (including phenoxy) is 6. The van der Waals surface area contributed by atoms with Gasteiger partial charge in [0.1, 0.15) is 25.6 Å². The Hall–Kier alpha value is -2.74. The van der Waals surface area contributed by atoms with Gasteiger partial charge in [0, 0.05) is 12.0 Å². The van der Waals surface area contributed by atoms with E-state index in [0.29, 0.717) is 13.0 Å². The van der Waals surface area contributed by atoms with Crippen molar-refractivity contribution in [3.8, 4) is 5.75 Å². The first-order valence-electron chi connectivity index (χ1n) is 8.38. The molecule has 26 heavy (non-hydrogen) atoms. The normalized spacial score (nSPS) is 26.5. The number of cyclic esters (lactones) is 4. The molecular formula is C18H18O8. The van der Waals surface area contributed by atoms with Gasteiger partial charge in [-0.05, 0) is 11.6 Å². The summed E-state index contributed by atoms with van der Waals surface area (Å²) >= 11 is 0. The Bertz CT molecular complexity index is 728. The quantitative estimate of drug-likeness (QED) is 0.711. The summed E-state index contributed by atoms with van der Waals surface area (Å²) in [6, 6.07) is 5.80. The summed E-state index contributed by atoms with van der Waals surface area (Å²) in [4.78, 5) is 21.9. The lowest BCUT2D eigenvalue weighted by molar-refractivity contribution is 0.0192. The molecule has 2 heterocycles. The van der Waals surface area contributed by atoms with Crippen molar-refractivity contribution >= 4 is 18.4 Å². The summed E-state index contributed by atoms with van der Waals surface area (Å²) in [6.07, 6.45) is 2.42. The molecule has 2 fully saturated rings. The van der Waals surface area contributed by atoms with Crippen LogP contribution < -0.4 is 4.74 Å². The second-order valence-electron chi connectivity index (χ2n) is 6.18. The molecule has 0 amide bonds. The molecule has 0 spiro atoms. The number of fused-ring (bicyclic) bond motifs is 1. The van der Waals surface area contributed by atoms with Gasteiger partial charge in [-0.3, -0.25) is 0 Å². The average Bonchev–Trinajstić information content (AvgIpc) is 3.26. The van der Waals surface area contributed by atoms with Crippen molar-refractivity contribution in [2.24, 2.45) is 0 Å². The molecule has 2 saturated heterocycles. The number of benzene rings is 1. The summed E-state index contributed by atoms with van der Waals surface area (Å²) < 4.78 is 31.0. The van der Waals surface area contributed by atoms with Crippen molar-refractivity contribution in [3.05, 3.63) is 35.4 Å². The van der Waals surface area contributed by atoms with Crippen LogP contribution in [0.1, 0.15) is 11.1 Å². The number of hydrogen-bond acceptors (Lipinski definition) is 8. The Balaban J connectivity index is 1.33. The van der Waals surface area contributed by atoms with Gasteiger partial charge < -0.3 is 28.4 Å². The number of carbonyl (C=O) groups excluding carboxylic acids is 2. The van der Waals surface area contributed by atoms with Crippen LogP contribution in [0, 0.1) is 0 Å². The van der Waals surface area contributed by atoms with Crippen molar-refractivity contribution in [3.63, 3.8) is 0 Å². The van der Waals surface area contributed by atoms with Gasteiger partial charge in [-0.2, -0.15) is 0 Å². The lowest BCUT2D eigenvalue weighted by atomic mass is 9.95. The molecule has 1 aromatic carbocycles. The van der Waals surface area contributed by atoms with Gasteiger partial charge in [-0.25, -0.2) is 9.59 Å². The van der Waals surface area contributed by atoms with E-state index in [9.17, 15) is 9.59 Å². The van der Waals surface area contributed by atoms with E-state index < -0.39 is 18.4 Å². The SMILES string of the molecule is O=C1OCC(COc2cccc3c2C=CC(OCC2COC(=O)O2)C3)O1. The van der Waals surface area contributed by atoms with Gasteiger partial charge in [-0.15, -0.1) is 0 Å². The Labute approximate surface area is 149 Å². The molecule has 138 valence electrons. The van der Waals surface area contributed by atoms with Crippen molar-refractivity contribution in [1.29, 1.82) is 0 Å². The minimum atomic E-state index is -0.660. The standard InChI is InChI=1S/C18H18O8/c19-17-23-9-13(25-17)7-21-12-4-5-15-11(6-12)2-1-3-16(15)22-8-14-10-24-18(20)26-14/h1-5,12-14H,6-10H2. The highest BCUT2D eigenvalue weighted by Gasteiger charge is 2.28. The maximum Gasteiger partial charge on any atom is 0.508 e. The zero-order chi connectivity index (χ0) is 17.9. The molecule has 0 radical (unpaired) electrons. The third-order valence-corrected chi connectivity index (χ3v) is 4.28. The summed E-state index contributed by atoms with van der Waals surface area (Å²) in [6.45, 7) is 0.955. The van der Waals surface area contributed by atoms with Gasteiger partial charge in [0.25, 0.3) is 0 Å². The third-order valence-electron chi connectivity index (χ3n) is 4.28. The molecule has 0 aromatic heterocycles. The van der Waals surface area contributed by atoms with Crippen LogP contribution in [0.5, 0.6) is 5.75 Å². The monoisotopic (exact) mass is 362 g/mol. The second kappa shape index (κ2) is 7.25. The summed E-state index contributed by atoms with van der Waals surface area (Å²) in [5.74, 6) is 0.721. The molecule has 3 atom stereocenters. The maximum atomic E-state index is 10.9. The molecule has 0 bridgehead atoms. The highest BCUT2D eigenvalue weighted by molar-refractivity contribution is 5.64. The molecule has 4 rings (SSSR count). The topological polar surface area (TPSA) is 89.5 Å². The van der Waals surface area contributed by atoms with E-state index in [1.54, 1.807) is 0 Å². The van der Waals surface area contributed by atoms with Crippen molar-refractivity contribution in [2.75, 3.05) is 26.4 Å². The van der Waals surface area contributed by atoms with Gasteiger partial charge in [0.15, 0.2) is 12.2 Å². The molecule has 0 saturated carbocycles. The zero-order valence-electron chi connectivity index (χ0n) is 13.9. The first kappa shape index (κ1) is 16.7. The predicted molar refractivity (Wildman–Crippen MR) is 86.9 cm³/mol. The van der Waals surface area contributed by atoms with Crippen LogP contribution in [0.15, 0.2) is 24.3 Å². The van der Waals surface area contributed by atoms with Crippen LogP contribution in [0.4, 0.5) is 9.59 Å². The molecule has 1 aromatic rings. The van der Waals surface area contributed by atoms with Gasteiger partial charge in [0.2, 0.25) is 0 Å². The Morgan fingerprint density at radius 3 is 2.42 bits per heavy atom. The van der Waals surface area contributed by atoms with Crippen LogP contribution in [0.25, 0.3) is 6.08 Å². The van der Waals surface area contributed by atoms with Gasteiger partial charge >= 0.3 is 12.3 Å². The van der Waals surface area contributed by atoms with Crippen LogP contribution in [0.2, 0.25) is 0 Å². The Morgan fingerprint density at radius 2 is 1.73 bits per heavy atom. The molecule has 3 aliphatic rings. The first-order chi connectivity index (χ1) is 12.7. The lowest BCUT2D eigenvalue weighted by Crippen LogP contribution is -2.25. The fourth-order valence-electron chi connectivity index (χ4n) is 2.99. The maximum absolute atomic E-state index is 10.9. The molecule has 8 heteroatoms. The van der Waals surface area contributed by atoms with Crippen molar-refractivity contribution in [1.82, 2.24) is 0 Å². The molecule has 2 aliphatic heterocycles. The molecule has 1 aliphatic carbocycles. The van der Waals surface area contributed by atoms with E-state index in [-0.39, 0.29) is 32.0 Å². The summed E-state index contributed by atoms with van der Waals surface area (Å²) in [5.41, 5.74) is 2.07. The predicted octanol–water partition coefficient (Wildman–Crippen LogP) is 2.09. The lowest BCUT2D eigenvalue weighted by Gasteiger charge is -2.22. The number of rotatable bonds is 6. The minimum Gasteiger partial charge on any atom is -0.489 e. The molecule has 3 unspecified atom stereocenters. The average molecular weight is 362 g/mol. The van der Waals surface area contributed by atoms with Crippen molar-refractivity contribution < 1.29 is 38.0 Å². The van der Waals surface area contributed by atoms with E-state index in [2.05, 4.69) is 0 Å². The smallest absolute Gasteiger partial charge is 0.489 e. The fourth-order valence-corrected chi connectivity index (χ4v) is 2.99. The number of hydrogen-bond donors (Lipinski definition) is 0. The first-order valence-corrected chi connectivity index (χ1v) is 8.38. The van der Waals surface area contributed by atoms with E-state index >= 15 is 0 Å². The van der Waals surface area contributed by atoms with Crippen LogP contribution >= 0.6 is 0 Å². The summed E-state index contributed by atoms with van der Waals surface area (Å²) in [7, 11) is 0. The van der Waals surface area contributed by atoms with E-state index in [1.807, 2.05) is 30.4 Å². The second-order valence-corrected chi connectivity index (χ2v) is 6.18. The zero-order valence-corrected chi connectivity index (χ0v) is 13.9. The highest BCUT2D eigenvalue weighted by Crippen LogP contribution is 2.30. The van der Waals surface area contributed by atoms with Gasteiger partial charge in [0.05, 0.1) is 12.7 Å². The Morgan fingerprint density at radius 1 is 1.00 bits per heavy atom. The molecule has 0 N–H and O–H groups in total. The van der Waals surface area contributed by atoms with Crippen molar-refractivity contribution in [2.45, 2.75) is 24.7 Å². The van der Waals surface area contributed by atoms with Crippen LogP contribution in [-0.4, -0.2) is 57.1 Å². The third kappa shape index (κ3) is 3.75. The van der Waals surface area contributed by atoms with Crippen LogP contribution in [0.3, 0.4) is 0 Å². The Kier molecular flexibility index (Phi) is 4.66. The fraction of sp³-hybridized carbons (Fsp3) is 0.444. The van der Waals surface area contributed by atoms with Crippen LogP contribution in [-0.2, 0) is 30.1 Å². The van der Waals surface area contributed by atoms with Gasteiger partial charge in [-0.1, -0.05) is 24.3 Å². The van der Waals surface area contributed by atoms with E-state index in [1.165, 1.54) is 0 Å². The van der Waals surface area contributed by atoms with E-state index in [0.717, 1.165) is 16.9 Å². The highest BCUT2D eigenvalue weighted by atomic mass is 16.8. The number of carbonyl (C=O) groups is 2. The molecular weight excluding hydrogens is 344 g/mol. The summed E-state index contributed by atoms with van der Waals surface area (Å²) in [5, 5.41) is 0. The minimum absolute atomic E-state index is 0.110. The largest absolute Gasteiger partial charge is 0.508 e. The molecule has 8 nitrogen and oxygen atoms in total. The van der Waals surface area contributed by atoms with E-state index in [4.69, 9.17) is 28.4 Å².